The van der Waals surface area contributed by atoms with Gasteiger partial charge in [0.1, 0.15) is 11.5 Å². The quantitative estimate of drug-likeness (QED) is 0.481. The predicted molar refractivity (Wildman–Crippen MR) is 109 cm³/mol. The summed E-state index contributed by atoms with van der Waals surface area (Å²) in [6, 6.07) is 19.0. The Labute approximate surface area is 157 Å². The second kappa shape index (κ2) is 8.10. The second-order valence-electron chi connectivity index (χ2n) is 6.18. The molecular weight excluding hydrogens is 340 g/mol. The van der Waals surface area contributed by atoms with Gasteiger partial charge in [0.2, 0.25) is 0 Å². The van der Waals surface area contributed by atoms with Crippen LogP contribution in [0.1, 0.15) is 16.7 Å². The number of aryl methyl sites for hydroxylation is 1. The molecule has 0 aliphatic heterocycles. The standard InChI is InChI=1S/C22H20N2O3/c1-15-2-8-18(9-3-15)23-22(27)24-19-10-6-16(7-11-19)4-5-17-12-20(25)14-21(26)13-17/h2-14,25-26H,1H3,(H2,23,24,27)/b5-4+. The van der Waals surface area contributed by atoms with Gasteiger partial charge in [0.05, 0.1) is 0 Å². The Morgan fingerprint density at radius 3 is 1.78 bits per heavy atom. The molecule has 0 heterocycles. The van der Waals surface area contributed by atoms with E-state index in [1.54, 1.807) is 30.3 Å². The fourth-order valence-corrected chi connectivity index (χ4v) is 2.51. The lowest BCUT2D eigenvalue weighted by molar-refractivity contribution is 0.262. The third-order valence-corrected chi connectivity index (χ3v) is 3.87. The topological polar surface area (TPSA) is 81.6 Å². The Bertz CT molecular complexity index is 942. The number of hydrogen-bond acceptors (Lipinski definition) is 3. The van der Waals surface area contributed by atoms with Gasteiger partial charge in [-0.1, -0.05) is 42.0 Å². The summed E-state index contributed by atoms with van der Waals surface area (Å²) >= 11 is 0. The molecule has 0 spiro atoms. The molecule has 0 fully saturated rings. The maximum atomic E-state index is 12.0. The Morgan fingerprint density at radius 2 is 1.22 bits per heavy atom. The van der Waals surface area contributed by atoms with Crippen molar-refractivity contribution in [2.75, 3.05) is 10.6 Å². The first-order valence-corrected chi connectivity index (χ1v) is 8.44. The number of aromatic hydroxyl groups is 2. The van der Waals surface area contributed by atoms with E-state index in [2.05, 4.69) is 10.6 Å². The van der Waals surface area contributed by atoms with Crippen LogP contribution in [0.3, 0.4) is 0 Å². The molecule has 3 aromatic rings. The van der Waals surface area contributed by atoms with Crippen LogP contribution >= 0.6 is 0 Å². The van der Waals surface area contributed by atoms with Crippen LogP contribution in [-0.4, -0.2) is 16.2 Å². The SMILES string of the molecule is Cc1ccc(NC(=O)Nc2ccc(/C=C/c3cc(O)cc(O)c3)cc2)cc1. The van der Waals surface area contributed by atoms with Crippen LogP contribution in [0.5, 0.6) is 11.5 Å². The molecule has 0 atom stereocenters. The maximum absolute atomic E-state index is 12.0. The number of amides is 2. The van der Waals surface area contributed by atoms with Crippen molar-refractivity contribution in [3.8, 4) is 11.5 Å². The Hall–Kier alpha value is -3.73. The van der Waals surface area contributed by atoms with Gasteiger partial charge in [0.15, 0.2) is 0 Å². The molecule has 0 unspecified atom stereocenters. The average molecular weight is 360 g/mol. The molecule has 5 nitrogen and oxygen atoms in total. The molecule has 27 heavy (non-hydrogen) atoms. The van der Waals surface area contributed by atoms with E-state index in [0.717, 1.165) is 16.8 Å². The lowest BCUT2D eigenvalue weighted by Gasteiger charge is -2.08. The van der Waals surface area contributed by atoms with E-state index >= 15 is 0 Å². The molecule has 0 saturated carbocycles. The minimum absolute atomic E-state index is 0.00814. The zero-order valence-corrected chi connectivity index (χ0v) is 14.8. The van der Waals surface area contributed by atoms with Gasteiger partial charge in [0, 0.05) is 17.4 Å². The molecule has 3 aromatic carbocycles. The van der Waals surface area contributed by atoms with E-state index in [1.807, 2.05) is 49.4 Å². The first-order chi connectivity index (χ1) is 13.0. The highest BCUT2D eigenvalue weighted by Gasteiger charge is 2.02. The number of anilines is 2. The first-order valence-electron chi connectivity index (χ1n) is 8.44. The summed E-state index contributed by atoms with van der Waals surface area (Å²) in [5.74, 6) is 0.0163. The van der Waals surface area contributed by atoms with Gasteiger partial charge in [-0.3, -0.25) is 0 Å². The minimum atomic E-state index is -0.308. The van der Waals surface area contributed by atoms with Crippen molar-refractivity contribution in [2.45, 2.75) is 6.92 Å². The Kier molecular flexibility index (Phi) is 5.42. The van der Waals surface area contributed by atoms with Gasteiger partial charge in [-0.2, -0.15) is 0 Å². The highest BCUT2D eigenvalue weighted by molar-refractivity contribution is 5.99. The smallest absolute Gasteiger partial charge is 0.323 e. The number of phenols is 2. The molecular formula is C22H20N2O3. The monoisotopic (exact) mass is 360 g/mol. The molecule has 5 heteroatoms. The van der Waals surface area contributed by atoms with Crippen molar-refractivity contribution in [2.24, 2.45) is 0 Å². The molecule has 0 aromatic heterocycles. The van der Waals surface area contributed by atoms with E-state index in [-0.39, 0.29) is 17.5 Å². The van der Waals surface area contributed by atoms with Crippen molar-refractivity contribution in [3.63, 3.8) is 0 Å². The molecule has 0 aliphatic carbocycles. The van der Waals surface area contributed by atoms with Crippen molar-refractivity contribution in [1.29, 1.82) is 0 Å². The number of rotatable bonds is 4. The van der Waals surface area contributed by atoms with E-state index in [1.165, 1.54) is 6.07 Å². The van der Waals surface area contributed by atoms with Gasteiger partial charge < -0.3 is 20.8 Å². The van der Waals surface area contributed by atoms with Crippen LogP contribution in [0.25, 0.3) is 12.2 Å². The summed E-state index contributed by atoms with van der Waals surface area (Å²) in [5.41, 5.74) is 4.14. The normalized spacial score (nSPS) is 10.7. The van der Waals surface area contributed by atoms with Gasteiger partial charge >= 0.3 is 6.03 Å². The number of urea groups is 1. The predicted octanol–water partition coefficient (Wildman–Crippen LogP) is 5.22. The van der Waals surface area contributed by atoms with E-state index < -0.39 is 0 Å². The molecule has 0 aliphatic rings. The number of phenolic OH excluding ortho intramolecular Hbond substituents is 2. The van der Waals surface area contributed by atoms with Crippen molar-refractivity contribution >= 4 is 29.6 Å². The number of nitrogens with one attached hydrogen (secondary N) is 2. The fraction of sp³-hybridized carbons (Fsp3) is 0.0455. The Morgan fingerprint density at radius 1 is 0.741 bits per heavy atom. The average Bonchev–Trinajstić information content (AvgIpc) is 2.62. The number of benzene rings is 3. The number of hydrogen-bond donors (Lipinski definition) is 4. The van der Waals surface area contributed by atoms with Crippen molar-refractivity contribution in [3.05, 3.63) is 83.4 Å². The van der Waals surface area contributed by atoms with Crippen LogP contribution in [0.4, 0.5) is 16.2 Å². The fourth-order valence-electron chi connectivity index (χ4n) is 2.51. The third kappa shape index (κ3) is 5.37. The lowest BCUT2D eigenvalue weighted by atomic mass is 10.1. The second-order valence-corrected chi connectivity index (χ2v) is 6.18. The summed E-state index contributed by atoms with van der Waals surface area (Å²) < 4.78 is 0. The van der Waals surface area contributed by atoms with Gasteiger partial charge in [-0.15, -0.1) is 0 Å². The van der Waals surface area contributed by atoms with Crippen molar-refractivity contribution < 1.29 is 15.0 Å². The zero-order chi connectivity index (χ0) is 19.2. The van der Waals surface area contributed by atoms with E-state index in [4.69, 9.17) is 0 Å². The van der Waals surface area contributed by atoms with Crippen molar-refractivity contribution in [1.82, 2.24) is 0 Å². The van der Waals surface area contributed by atoms with Gasteiger partial charge in [-0.25, -0.2) is 4.79 Å². The van der Waals surface area contributed by atoms with Crippen LogP contribution in [0.2, 0.25) is 0 Å². The largest absolute Gasteiger partial charge is 0.508 e. The molecule has 0 saturated heterocycles. The van der Waals surface area contributed by atoms with Crippen LogP contribution in [0, 0.1) is 6.92 Å². The number of carbonyl (C=O) groups is 1. The van der Waals surface area contributed by atoms with E-state index in [9.17, 15) is 15.0 Å². The van der Waals surface area contributed by atoms with Crippen LogP contribution < -0.4 is 10.6 Å². The first kappa shape index (κ1) is 18.1. The summed E-state index contributed by atoms with van der Waals surface area (Å²) in [4.78, 5) is 12.0. The molecule has 2 amide bonds. The molecule has 136 valence electrons. The lowest BCUT2D eigenvalue weighted by Crippen LogP contribution is -2.19. The molecule has 0 radical (unpaired) electrons. The van der Waals surface area contributed by atoms with Gasteiger partial charge in [-0.05, 0) is 54.4 Å². The molecule has 3 rings (SSSR count). The minimum Gasteiger partial charge on any atom is -0.508 e. The van der Waals surface area contributed by atoms with Crippen LogP contribution in [-0.2, 0) is 0 Å². The van der Waals surface area contributed by atoms with E-state index in [0.29, 0.717) is 11.3 Å². The third-order valence-electron chi connectivity index (χ3n) is 3.87. The highest BCUT2D eigenvalue weighted by atomic mass is 16.3. The molecule has 0 bridgehead atoms. The Balaban J connectivity index is 1.60. The maximum Gasteiger partial charge on any atom is 0.323 e. The number of carbonyl (C=O) groups excluding carboxylic acids is 1. The summed E-state index contributed by atoms with van der Waals surface area (Å²) in [6.07, 6.45) is 3.64. The summed E-state index contributed by atoms with van der Waals surface area (Å²) in [7, 11) is 0. The van der Waals surface area contributed by atoms with Crippen LogP contribution in [0.15, 0.2) is 66.7 Å². The summed E-state index contributed by atoms with van der Waals surface area (Å²) in [6.45, 7) is 1.99. The zero-order valence-electron chi connectivity index (χ0n) is 14.8. The highest BCUT2D eigenvalue weighted by Crippen LogP contribution is 2.22. The summed E-state index contributed by atoms with van der Waals surface area (Å²) in [5, 5.41) is 24.5. The van der Waals surface area contributed by atoms with Gasteiger partial charge in [0.25, 0.3) is 0 Å². The molecule has 4 N–H and O–H groups in total.